The maximum Gasteiger partial charge on any atom is 0.0304 e. The van der Waals surface area contributed by atoms with Crippen molar-refractivity contribution < 1.29 is 0 Å². The number of piperazine rings is 1. The van der Waals surface area contributed by atoms with Crippen molar-refractivity contribution in [2.24, 2.45) is 5.92 Å². The van der Waals surface area contributed by atoms with Crippen LogP contribution in [0.3, 0.4) is 0 Å². The second-order valence-electron chi connectivity index (χ2n) is 7.19. The Hall–Kier alpha value is -0.0800. The third-order valence-electron chi connectivity index (χ3n) is 6.09. The Morgan fingerprint density at radius 2 is 1.80 bits per heavy atom. The maximum atomic E-state index is 3.85. The average Bonchev–Trinajstić information content (AvgIpc) is 3.00. The largest absolute Gasteiger partial charge is 0.308 e. The van der Waals surface area contributed by atoms with Gasteiger partial charge in [0.2, 0.25) is 0 Å². The third kappa shape index (κ3) is 3.98. The van der Waals surface area contributed by atoms with E-state index in [-0.39, 0.29) is 0 Å². The second-order valence-corrected chi connectivity index (χ2v) is 7.19. The van der Waals surface area contributed by atoms with Crippen LogP contribution in [0, 0.1) is 5.92 Å². The first kappa shape index (κ1) is 16.3. The molecule has 0 aromatic rings. The number of rotatable bonds is 7. The molecule has 1 atom stereocenters. The van der Waals surface area contributed by atoms with Crippen molar-refractivity contribution >= 4 is 0 Å². The quantitative estimate of drug-likeness (QED) is 0.752. The summed E-state index contributed by atoms with van der Waals surface area (Å²) in [5.74, 6) is 1.06. The van der Waals surface area contributed by atoms with E-state index in [2.05, 4.69) is 31.0 Å². The fourth-order valence-corrected chi connectivity index (χ4v) is 4.31. The van der Waals surface area contributed by atoms with Crippen LogP contribution in [0.15, 0.2) is 0 Å². The molecule has 1 saturated heterocycles. The van der Waals surface area contributed by atoms with E-state index in [1.165, 1.54) is 77.4 Å². The van der Waals surface area contributed by atoms with Crippen LogP contribution in [0.5, 0.6) is 0 Å². The van der Waals surface area contributed by atoms with E-state index in [4.69, 9.17) is 0 Å². The normalized spacial score (nSPS) is 28.1. The molecule has 2 heteroatoms. The molecule has 0 aromatic carbocycles. The van der Waals surface area contributed by atoms with Gasteiger partial charge in [-0.1, -0.05) is 46.5 Å². The smallest absolute Gasteiger partial charge is 0.0304 e. The van der Waals surface area contributed by atoms with Crippen LogP contribution in [0.4, 0.5) is 0 Å². The standard InChI is InChI=1S/C18H36N2/c1-4-17-14-19-18(5-2,6-3)15-20(17)13-9-12-16-10-7-8-11-16/h16-17,19H,4-15H2,1-3H3. The van der Waals surface area contributed by atoms with Crippen molar-refractivity contribution in [3.05, 3.63) is 0 Å². The fraction of sp³-hybridized carbons (Fsp3) is 1.00. The lowest BCUT2D eigenvalue weighted by Gasteiger charge is -2.47. The number of nitrogens with one attached hydrogen (secondary N) is 1. The first-order chi connectivity index (χ1) is 9.73. The van der Waals surface area contributed by atoms with Gasteiger partial charge in [-0.25, -0.2) is 0 Å². The number of hydrogen-bond donors (Lipinski definition) is 1. The molecule has 20 heavy (non-hydrogen) atoms. The molecule has 1 aliphatic carbocycles. The van der Waals surface area contributed by atoms with Gasteiger partial charge in [0.25, 0.3) is 0 Å². The minimum absolute atomic E-state index is 0.388. The predicted octanol–water partition coefficient (Wildman–Crippen LogP) is 4.20. The van der Waals surface area contributed by atoms with Crippen molar-refractivity contribution in [2.45, 2.75) is 90.1 Å². The Labute approximate surface area is 126 Å². The molecule has 1 aliphatic heterocycles. The number of nitrogens with zero attached hydrogens (tertiary/aromatic N) is 1. The van der Waals surface area contributed by atoms with Crippen LogP contribution in [0.2, 0.25) is 0 Å². The van der Waals surface area contributed by atoms with Crippen molar-refractivity contribution in [1.82, 2.24) is 10.2 Å². The predicted molar refractivity (Wildman–Crippen MR) is 88.2 cm³/mol. The Kier molecular flexibility index (Phi) is 6.35. The van der Waals surface area contributed by atoms with Gasteiger partial charge >= 0.3 is 0 Å². The lowest BCUT2D eigenvalue weighted by Crippen LogP contribution is -2.63. The van der Waals surface area contributed by atoms with E-state index in [9.17, 15) is 0 Å². The van der Waals surface area contributed by atoms with Crippen LogP contribution < -0.4 is 5.32 Å². The van der Waals surface area contributed by atoms with Gasteiger partial charge in [-0.15, -0.1) is 0 Å². The molecule has 0 amide bonds. The molecular formula is C18H36N2. The minimum Gasteiger partial charge on any atom is -0.308 e. The van der Waals surface area contributed by atoms with E-state index >= 15 is 0 Å². The summed E-state index contributed by atoms with van der Waals surface area (Å²) in [7, 11) is 0. The summed E-state index contributed by atoms with van der Waals surface area (Å²) < 4.78 is 0. The summed E-state index contributed by atoms with van der Waals surface area (Å²) in [6, 6.07) is 0.768. The molecule has 0 radical (unpaired) electrons. The lowest BCUT2D eigenvalue weighted by atomic mass is 9.88. The van der Waals surface area contributed by atoms with E-state index in [0.29, 0.717) is 5.54 Å². The zero-order valence-electron chi connectivity index (χ0n) is 14.1. The van der Waals surface area contributed by atoms with Gasteiger partial charge in [0.15, 0.2) is 0 Å². The third-order valence-corrected chi connectivity index (χ3v) is 6.09. The highest BCUT2D eigenvalue weighted by molar-refractivity contribution is 4.96. The molecule has 118 valence electrons. The highest BCUT2D eigenvalue weighted by atomic mass is 15.2. The topological polar surface area (TPSA) is 15.3 Å². The summed E-state index contributed by atoms with van der Waals surface area (Å²) in [5, 5.41) is 3.85. The summed E-state index contributed by atoms with van der Waals surface area (Å²) in [6.45, 7) is 10.8. The Morgan fingerprint density at radius 1 is 1.10 bits per heavy atom. The van der Waals surface area contributed by atoms with Crippen LogP contribution in [-0.4, -0.2) is 36.1 Å². The highest BCUT2D eigenvalue weighted by Gasteiger charge is 2.35. The Bertz CT molecular complexity index is 267. The molecule has 2 rings (SSSR count). The zero-order valence-corrected chi connectivity index (χ0v) is 14.1. The SMILES string of the molecule is CCC1CNC(CC)(CC)CN1CCCC1CCCC1. The average molecular weight is 280 g/mol. The molecule has 0 spiro atoms. The van der Waals surface area contributed by atoms with Crippen LogP contribution in [0.1, 0.15) is 78.6 Å². The highest BCUT2D eigenvalue weighted by Crippen LogP contribution is 2.29. The molecule has 2 nitrogen and oxygen atoms in total. The van der Waals surface area contributed by atoms with Gasteiger partial charge in [-0.05, 0) is 44.6 Å². The summed E-state index contributed by atoms with van der Waals surface area (Å²) >= 11 is 0. The molecule has 0 bridgehead atoms. The fourth-order valence-electron chi connectivity index (χ4n) is 4.31. The van der Waals surface area contributed by atoms with Gasteiger partial charge in [0.1, 0.15) is 0 Å². The van der Waals surface area contributed by atoms with Gasteiger partial charge in [0, 0.05) is 24.7 Å². The van der Waals surface area contributed by atoms with Crippen molar-refractivity contribution in [3.63, 3.8) is 0 Å². The monoisotopic (exact) mass is 280 g/mol. The lowest BCUT2D eigenvalue weighted by molar-refractivity contribution is 0.0682. The molecule has 0 aromatic heterocycles. The molecule has 1 saturated carbocycles. The first-order valence-corrected chi connectivity index (χ1v) is 9.22. The molecular weight excluding hydrogens is 244 g/mol. The van der Waals surface area contributed by atoms with Gasteiger partial charge in [-0.3, -0.25) is 4.90 Å². The molecule has 2 aliphatic rings. The van der Waals surface area contributed by atoms with Crippen molar-refractivity contribution in [2.75, 3.05) is 19.6 Å². The van der Waals surface area contributed by atoms with E-state index < -0.39 is 0 Å². The molecule has 1 N–H and O–H groups in total. The van der Waals surface area contributed by atoms with Gasteiger partial charge < -0.3 is 5.32 Å². The zero-order chi connectivity index (χ0) is 14.4. The summed E-state index contributed by atoms with van der Waals surface area (Å²) in [6.07, 6.45) is 12.7. The van der Waals surface area contributed by atoms with Crippen LogP contribution >= 0.6 is 0 Å². The van der Waals surface area contributed by atoms with Gasteiger partial charge in [-0.2, -0.15) is 0 Å². The van der Waals surface area contributed by atoms with Crippen molar-refractivity contribution in [3.8, 4) is 0 Å². The van der Waals surface area contributed by atoms with E-state index in [1.807, 2.05) is 0 Å². The summed E-state index contributed by atoms with van der Waals surface area (Å²) in [5.41, 5.74) is 0.388. The molecule has 1 heterocycles. The molecule has 2 fully saturated rings. The molecule has 1 unspecified atom stereocenters. The van der Waals surface area contributed by atoms with E-state index in [0.717, 1.165) is 12.0 Å². The van der Waals surface area contributed by atoms with Crippen LogP contribution in [0.25, 0.3) is 0 Å². The first-order valence-electron chi connectivity index (χ1n) is 9.22. The van der Waals surface area contributed by atoms with Gasteiger partial charge in [0.05, 0.1) is 0 Å². The Balaban J connectivity index is 1.81. The maximum absolute atomic E-state index is 3.85. The summed E-state index contributed by atoms with van der Waals surface area (Å²) in [4.78, 5) is 2.80. The number of hydrogen-bond acceptors (Lipinski definition) is 2. The van der Waals surface area contributed by atoms with Crippen LogP contribution in [-0.2, 0) is 0 Å². The van der Waals surface area contributed by atoms with E-state index in [1.54, 1.807) is 0 Å². The minimum atomic E-state index is 0.388. The second kappa shape index (κ2) is 7.79. The Morgan fingerprint density at radius 3 is 2.40 bits per heavy atom. The van der Waals surface area contributed by atoms with Crippen molar-refractivity contribution in [1.29, 1.82) is 0 Å².